The summed E-state index contributed by atoms with van der Waals surface area (Å²) < 4.78 is 1.44. The molecule has 1 aliphatic rings. The number of hydrogen-bond donors (Lipinski definition) is 6. The number of piperidine rings is 1. The van der Waals surface area contributed by atoms with Crippen molar-refractivity contribution in [1.29, 1.82) is 0 Å². The monoisotopic (exact) mass is 790 g/mol. The minimum absolute atomic E-state index is 0.161. The van der Waals surface area contributed by atoms with Crippen molar-refractivity contribution >= 4 is 85.3 Å². The Morgan fingerprint density at radius 3 is 2.09 bits per heavy atom. The first-order valence-corrected chi connectivity index (χ1v) is 13.0. The Kier molecular flexibility index (Phi) is 11.3. The van der Waals surface area contributed by atoms with Gasteiger partial charge in [-0.15, -0.1) is 0 Å². The number of hydrogen-bond acceptors (Lipinski definition) is 8. The van der Waals surface area contributed by atoms with Crippen molar-refractivity contribution in [3.63, 3.8) is 0 Å². The van der Waals surface area contributed by atoms with Gasteiger partial charge in [-0.05, 0) is 80.6 Å². The molecular formula is C19H25I3N2O8. The van der Waals surface area contributed by atoms with Crippen LogP contribution in [0.5, 0.6) is 0 Å². The zero-order valence-electron chi connectivity index (χ0n) is 16.9. The van der Waals surface area contributed by atoms with Gasteiger partial charge in [0.25, 0.3) is 11.8 Å². The molecule has 0 saturated carbocycles. The summed E-state index contributed by atoms with van der Waals surface area (Å²) in [6.07, 6.45) is -2.76. The highest BCUT2D eigenvalue weighted by Crippen LogP contribution is 2.39. The third-order valence-electron chi connectivity index (χ3n) is 5.01. The Balaban J connectivity index is 2.65. The van der Waals surface area contributed by atoms with E-state index in [-0.39, 0.29) is 18.7 Å². The van der Waals surface area contributed by atoms with Gasteiger partial charge in [-0.25, -0.2) is 0 Å². The highest BCUT2D eigenvalue weighted by atomic mass is 127. The molecule has 2 amide bonds. The van der Waals surface area contributed by atoms with Gasteiger partial charge in [-0.2, -0.15) is 0 Å². The first-order valence-electron chi connectivity index (χ1n) is 9.75. The minimum Gasteiger partial charge on any atom is -0.394 e. The standard InChI is InChI=1S/C19H25I3N2O8/c20-14-11(8-27)15(21)17(24-3-1-2-12(30)18(24)31)16(22)13(14)19(32)23(4-9(28)6-25)5-10(29)7-26/h9-10,12,25-30H,1-8H2. The summed E-state index contributed by atoms with van der Waals surface area (Å²) in [7, 11) is 0. The second-order valence-corrected chi connectivity index (χ2v) is 10.6. The molecular weight excluding hydrogens is 765 g/mol. The number of anilines is 1. The Morgan fingerprint density at radius 1 is 1.03 bits per heavy atom. The van der Waals surface area contributed by atoms with Crippen molar-refractivity contribution in [2.45, 2.75) is 37.8 Å². The molecule has 1 aromatic carbocycles. The number of amides is 2. The fraction of sp³-hybridized carbons (Fsp3) is 0.579. The van der Waals surface area contributed by atoms with Crippen molar-refractivity contribution in [2.24, 2.45) is 0 Å². The SMILES string of the molecule is O=C(c1c(I)c(CO)c(I)c(N2CCCC(O)C2=O)c1I)N(CC(O)CO)CC(O)CO. The lowest BCUT2D eigenvalue weighted by Gasteiger charge is -2.34. The molecule has 3 unspecified atom stereocenters. The second kappa shape index (κ2) is 12.7. The molecule has 1 aliphatic heterocycles. The Labute approximate surface area is 226 Å². The van der Waals surface area contributed by atoms with Gasteiger partial charge in [0.1, 0.15) is 6.10 Å². The van der Waals surface area contributed by atoms with E-state index >= 15 is 0 Å². The van der Waals surface area contributed by atoms with E-state index in [2.05, 4.69) is 0 Å². The van der Waals surface area contributed by atoms with E-state index in [1.807, 2.05) is 67.8 Å². The van der Waals surface area contributed by atoms with Crippen LogP contribution in [0.2, 0.25) is 0 Å². The third kappa shape index (κ3) is 6.21. The van der Waals surface area contributed by atoms with E-state index in [0.29, 0.717) is 41.3 Å². The number of benzene rings is 1. The van der Waals surface area contributed by atoms with Gasteiger partial charge in [-0.3, -0.25) is 9.59 Å². The molecule has 2 rings (SSSR count). The molecule has 10 nitrogen and oxygen atoms in total. The summed E-state index contributed by atoms with van der Waals surface area (Å²) >= 11 is 5.88. The van der Waals surface area contributed by atoms with Gasteiger partial charge in [0.2, 0.25) is 0 Å². The van der Waals surface area contributed by atoms with Crippen LogP contribution in [0.3, 0.4) is 0 Å². The summed E-state index contributed by atoms with van der Waals surface area (Å²) in [6.45, 7) is -1.85. The summed E-state index contributed by atoms with van der Waals surface area (Å²) in [5.74, 6) is -1.09. The lowest BCUT2D eigenvalue weighted by molar-refractivity contribution is -0.128. The number of halogens is 3. The van der Waals surface area contributed by atoms with Crippen molar-refractivity contribution in [3.8, 4) is 0 Å². The number of aliphatic hydroxyl groups is 6. The van der Waals surface area contributed by atoms with E-state index < -0.39 is 49.9 Å². The molecule has 0 radical (unpaired) electrons. The maximum absolute atomic E-state index is 13.5. The van der Waals surface area contributed by atoms with Crippen LogP contribution < -0.4 is 4.90 Å². The van der Waals surface area contributed by atoms with Crippen LogP contribution in [0, 0.1) is 10.7 Å². The Hall–Kier alpha value is 0.110. The zero-order valence-corrected chi connectivity index (χ0v) is 23.4. The van der Waals surface area contributed by atoms with Gasteiger partial charge >= 0.3 is 0 Å². The van der Waals surface area contributed by atoms with Gasteiger partial charge in [-0.1, -0.05) is 0 Å². The lowest BCUT2D eigenvalue weighted by atomic mass is 10.0. The molecule has 0 aromatic heterocycles. The molecule has 1 heterocycles. The molecule has 13 heteroatoms. The lowest BCUT2D eigenvalue weighted by Crippen LogP contribution is -2.46. The molecule has 1 aromatic rings. The molecule has 1 saturated heterocycles. The van der Waals surface area contributed by atoms with Crippen LogP contribution in [-0.4, -0.2) is 98.5 Å². The van der Waals surface area contributed by atoms with E-state index in [9.17, 15) is 40.2 Å². The minimum atomic E-state index is -1.26. The van der Waals surface area contributed by atoms with Crippen LogP contribution in [-0.2, 0) is 11.4 Å². The Bertz CT molecular complexity index is 845. The first kappa shape index (κ1) is 28.3. The predicted octanol–water partition coefficient (Wildman–Crippen LogP) is -0.371. The maximum Gasteiger partial charge on any atom is 0.256 e. The molecule has 1 fully saturated rings. The summed E-state index contributed by atoms with van der Waals surface area (Å²) in [5, 5.41) is 58.3. The molecule has 0 aliphatic carbocycles. The fourth-order valence-electron chi connectivity index (χ4n) is 3.37. The average Bonchev–Trinajstić information content (AvgIpc) is 2.76. The van der Waals surface area contributed by atoms with Gasteiger partial charge in [0.05, 0.1) is 46.8 Å². The quantitative estimate of drug-likeness (QED) is 0.185. The zero-order chi connectivity index (χ0) is 24.2. The topological polar surface area (TPSA) is 162 Å². The summed E-state index contributed by atoms with van der Waals surface area (Å²) in [6, 6.07) is 0. The largest absolute Gasteiger partial charge is 0.394 e. The highest BCUT2D eigenvalue weighted by molar-refractivity contribution is 14.1. The first-order chi connectivity index (χ1) is 15.1. The smallest absolute Gasteiger partial charge is 0.256 e. The second-order valence-electron chi connectivity index (χ2n) is 7.33. The van der Waals surface area contributed by atoms with Crippen molar-refractivity contribution in [2.75, 3.05) is 37.7 Å². The van der Waals surface area contributed by atoms with Gasteiger partial charge in [0.15, 0.2) is 0 Å². The van der Waals surface area contributed by atoms with Crippen LogP contribution in [0.4, 0.5) is 5.69 Å². The number of rotatable bonds is 9. The molecule has 0 bridgehead atoms. The fourth-order valence-corrected chi connectivity index (χ4v) is 7.92. The number of carbonyl (C=O) groups excluding carboxylic acids is 2. The number of aliphatic hydroxyl groups excluding tert-OH is 6. The summed E-state index contributed by atoms with van der Waals surface area (Å²) in [5.41, 5.74) is 1.00. The third-order valence-corrected chi connectivity index (χ3v) is 8.41. The molecule has 3 atom stereocenters. The summed E-state index contributed by atoms with van der Waals surface area (Å²) in [4.78, 5) is 28.8. The molecule has 6 N–H and O–H groups in total. The van der Waals surface area contributed by atoms with E-state index in [4.69, 9.17) is 0 Å². The van der Waals surface area contributed by atoms with Crippen molar-refractivity contribution in [3.05, 3.63) is 21.8 Å². The maximum atomic E-state index is 13.5. The van der Waals surface area contributed by atoms with Crippen LogP contribution >= 0.6 is 67.8 Å². The van der Waals surface area contributed by atoms with Gasteiger partial charge < -0.3 is 40.4 Å². The van der Waals surface area contributed by atoms with E-state index in [1.165, 1.54) is 4.90 Å². The highest BCUT2D eigenvalue weighted by Gasteiger charge is 2.35. The van der Waals surface area contributed by atoms with Crippen molar-refractivity contribution in [1.82, 2.24) is 4.90 Å². The van der Waals surface area contributed by atoms with E-state index in [1.54, 1.807) is 0 Å². The van der Waals surface area contributed by atoms with Crippen molar-refractivity contribution < 1.29 is 40.2 Å². The molecule has 32 heavy (non-hydrogen) atoms. The van der Waals surface area contributed by atoms with Gasteiger partial charge in [0, 0.05) is 32.3 Å². The number of nitrogens with zero attached hydrogens (tertiary/aromatic N) is 2. The predicted molar refractivity (Wildman–Crippen MR) is 140 cm³/mol. The molecule has 0 spiro atoms. The van der Waals surface area contributed by atoms with Crippen LogP contribution in [0.15, 0.2) is 0 Å². The van der Waals surface area contributed by atoms with Crippen LogP contribution in [0.1, 0.15) is 28.8 Å². The molecule has 180 valence electrons. The Morgan fingerprint density at radius 2 is 1.59 bits per heavy atom. The number of carbonyl (C=O) groups is 2. The normalized spacial score (nSPS) is 18.6. The van der Waals surface area contributed by atoms with E-state index in [0.717, 1.165) is 4.90 Å². The average molecular weight is 790 g/mol. The van der Waals surface area contributed by atoms with Crippen LogP contribution in [0.25, 0.3) is 0 Å².